The Balaban J connectivity index is 0. The van der Waals surface area contributed by atoms with Crippen molar-refractivity contribution in [2.45, 2.75) is 59.8 Å². The fourth-order valence-electron chi connectivity index (χ4n) is 2.18. The molecular weight excluding hydrogens is 200 g/mol. The van der Waals surface area contributed by atoms with Gasteiger partial charge in [-0.15, -0.1) is 0 Å². The Morgan fingerprint density at radius 1 is 1.12 bits per heavy atom. The van der Waals surface area contributed by atoms with Gasteiger partial charge < -0.3 is 11.9 Å². The molecule has 0 aromatic heterocycles. The van der Waals surface area contributed by atoms with Gasteiger partial charge >= 0.3 is 0 Å². The maximum atomic E-state index is 11.2. The van der Waals surface area contributed by atoms with E-state index >= 15 is 0 Å². The van der Waals surface area contributed by atoms with Crippen LogP contribution in [0.2, 0.25) is 0 Å². The predicted octanol–water partition coefficient (Wildman–Crippen LogP) is 3.51. The monoisotopic (exact) mass is 230 g/mol. The Labute approximate surface area is 101 Å². The van der Waals surface area contributed by atoms with Crippen LogP contribution in [0.5, 0.6) is 0 Å². The van der Waals surface area contributed by atoms with Crippen molar-refractivity contribution in [3.63, 3.8) is 0 Å². The molecule has 0 saturated heterocycles. The number of nitrogens with two attached hydrogens (primary N) is 1. The Kier molecular flexibility index (Phi) is 10.7. The normalized spacial score (nSPS) is 14.3. The van der Waals surface area contributed by atoms with Crippen LogP contribution in [-0.4, -0.2) is 5.91 Å². The quantitative estimate of drug-likeness (QED) is 0.626. The van der Waals surface area contributed by atoms with Crippen molar-refractivity contribution < 1.29 is 4.79 Å². The van der Waals surface area contributed by atoms with E-state index in [1.807, 2.05) is 6.92 Å². The van der Waals surface area contributed by atoms with Crippen molar-refractivity contribution >= 4 is 5.91 Å². The highest BCUT2D eigenvalue weighted by atomic mass is 16.1. The Morgan fingerprint density at radius 2 is 1.69 bits per heavy atom. The first kappa shape index (κ1) is 17.8. The highest BCUT2D eigenvalue weighted by Gasteiger charge is 2.24. The van der Waals surface area contributed by atoms with Crippen molar-refractivity contribution in [3.05, 3.63) is 0 Å². The minimum Gasteiger partial charge on any atom is -0.369 e. The van der Waals surface area contributed by atoms with E-state index in [0.29, 0.717) is 11.8 Å². The van der Waals surface area contributed by atoms with Gasteiger partial charge in [-0.1, -0.05) is 53.4 Å². The summed E-state index contributed by atoms with van der Waals surface area (Å²) in [6.45, 7) is 8.55. The molecule has 98 valence electrons. The molecule has 2 unspecified atom stereocenters. The largest absolute Gasteiger partial charge is 0.369 e. The third-order valence-electron chi connectivity index (χ3n) is 3.34. The fourth-order valence-corrected chi connectivity index (χ4v) is 2.18. The minimum atomic E-state index is -0.149. The predicted molar refractivity (Wildman–Crippen MR) is 70.5 cm³/mol. The van der Waals surface area contributed by atoms with Gasteiger partial charge in [0.05, 0.1) is 0 Å². The average Bonchev–Trinajstić information content (AvgIpc) is 2.16. The second kappa shape index (κ2) is 9.64. The van der Waals surface area contributed by atoms with Crippen LogP contribution < -0.4 is 11.9 Å². The van der Waals surface area contributed by atoms with Crippen molar-refractivity contribution in [2.75, 3.05) is 0 Å². The van der Waals surface area contributed by atoms with Crippen LogP contribution in [0, 0.1) is 17.8 Å². The second-order valence-corrected chi connectivity index (χ2v) is 4.95. The van der Waals surface area contributed by atoms with Crippen LogP contribution in [0.25, 0.3) is 0 Å². The number of primary amides is 1. The summed E-state index contributed by atoms with van der Waals surface area (Å²) in [5, 5.41) is 0. The van der Waals surface area contributed by atoms with Gasteiger partial charge in [-0.3, -0.25) is 4.79 Å². The van der Waals surface area contributed by atoms with Crippen LogP contribution in [0.4, 0.5) is 0 Å². The Hall–Kier alpha value is -0.570. The maximum absolute atomic E-state index is 11.2. The molecule has 0 spiro atoms. The summed E-state index contributed by atoms with van der Waals surface area (Å²) in [7, 11) is 0. The third kappa shape index (κ3) is 6.83. The molecule has 0 aliphatic carbocycles. The van der Waals surface area contributed by atoms with E-state index in [9.17, 15) is 4.79 Å². The van der Waals surface area contributed by atoms with E-state index < -0.39 is 0 Å². The van der Waals surface area contributed by atoms with Gasteiger partial charge in [-0.25, -0.2) is 0 Å². The standard InChI is InChI=1S/C13H27NO.H3N/c1-5-6-7-8-9-12(10(2)3)11(4)13(14)15;/h10-12H,5-9H2,1-4H3,(H2,14,15);1H3. The average molecular weight is 230 g/mol. The fraction of sp³-hybridized carbons (Fsp3) is 0.923. The van der Waals surface area contributed by atoms with Crippen molar-refractivity contribution in [3.8, 4) is 0 Å². The van der Waals surface area contributed by atoms with Gasteiger partial charge in [0.15, 0.2) is 0 Å². The molecule has 0 fully saturated rings. The lowest BCUT2D eigenvalue weighted by Crippen LogP contribution is -2.30. The van der Waals surface area contributed by atoms with E-state index in [2.05, 4.69) is 20.8 Å². The molecule has 5 N–H and O–H groups in total. The SMILES string of the molecule is CCCCCCC(C(C)C)C(C)C(N)=O.N. The molecule has 2 atom stereocenters. The molecule has 3 nitrogen and oxygen atoms in total. The topological polar surface area (TPSA) is 78.1 Å². The van der Waals surface area contributed by atoms with E-state index in [1.165, 1.54) is 25.7 Å². The molecule has 16 heavy (non-hydrogen) atoms. The maximum Gasteiger partial charge on any atom is 0.220 e. The van der Waals surface area contributed by atoms with E-state index in [1.54, 1.807) is 0 Å². The Bertz CT molecular complexity index is 181. The summed E-state index contributed by atoms with van der Waals surface area (Å²) in [5.74, 6) is 0.879. The van der Waals surface area contributed by atoms with Crippen molar-refractivity contribution in [2.24, 2.45) is 23.5 Å². The first-order valence-electron chi connectivity index (χ1n) is 6.30. The van der Waals surface area contributed by atoms with Crippen molar-refractivity contribution in [1.82, 2.24) is 6.15 Å². The van der Waals surface area contributed by atoms with E-state index in [0.717, 1.165) is 6.42 Å². The summed E-state index contributed by atoms with van der Waals surface area (Å²) in [6, 6.07) is 0. The number of unbranched alkanes of at least 4 members (excludes halogenated alkanes) is 3. The van der Waals surface area contributed by atoms with Gasteiger partial charge in [0.25, 0.3) is 0 Å². The lowest BCUT2D eigenvalue weighted by Gasteiger charge is -2.25. The number of carbonyl (C=O) groups is 1. The van der Waals surface area contributed by atoms with Crippen LogP contribution in [0.15, 0.2) is 0 Å². The summed E-state index contributed by atoms with van der Waals surface area (Å²) in [6.07, 6.45) is 6.22. The van der Waals surface area contributed by atoms with Gasteiger partial charge in [-0.2, -0.15) is 0 Å². The molecule has 0 saturated carbocycles. The molecular formula is C13H30N2O. The zero-order valence-corrected chi connectivity index (χ0v) is 11.5. The smallest absolute Gasteiger partial charge is 0.220 e. The summed E-state index contributed by atoms with van der Waals surface area (Å²) in [4.78, 5) is 11.2. The molecule has 0 aromatic rings. The van der Waals surface area contributed by atoms with Crippen molar-refractivity contribution in [1.29, 1.82) is 0 Å². The number of hydrogen-bond acceptors (Lipinski definition) is 2. The zero-order valence-electron chi connectivity index (χ0n) is 11.5. The molecule has 0 aliphatic heterocycles. The van der Waals surface area contributed by atoms with Crippen LogP contribution in [0.3, 0.4) is 0 Å². The van der Waals surface area contributed by atoms with Gasteiger partial charge in [0, 0.05) is 5.92 Å². The van der Waals surface area contributed by atoms with E-state index in [-0.39, 0.29) is 18.0 Å². The first-order valence-corrected chi connectivity index (χ1v) is 6.30. The molecule has 0 aromatic carbocycles. The first-order chi connectivity index (χ1) is 7.00. The highest BCUT2D eigenvalue weighted by Crippen LogP contribution is 2.26. The highest BCUT2D eigenvalue weighted by molar-refractivity contribution is 5.76. The molecule has 0 radical (unpaired) electrons. The number of amides is 1. The third-order valence-corrected chi connectivity index (χ3v) is 3.34. The number of hydrogen-bond donors (Lipinski definition) is 2. The summed E-state index contributed by atoms with van der Waals surface area (Å²) >= 11 is 0. The molecule has 1 amide bonds. The molecule has 0 heterocycles. The second-order valence-electron chi connectivity index (χ2n) is 4.95. The Morgan fingerprint density at radius 3 is 2.06 bits per heavy atom. The lowest BCUT2D eigenvalue weighted by molar-refractivity contribution is -0.123. The molecule has 0 aliphatic rings. The summed E-state index contributed by atoms with van der Waals surface area (Å²) in [5.41, 5.74) is 5.37. The zero-order chi connectivity index (χ0) is 11.8. The molecule has 0 rings (SSSR count). The van der Waals surface area contributed by atoms with Gasteiger partial charge in [0.1, 0.15) is 0 Å². The molecule has 0 bridgehead atoms. The lowest BCUT2D eigenvalue weighted by atomic mass is 9.80. The summed E-state index contributed by atoms with van der Waals surface area (Å²) < 4.78 is 0. The van der Waals surface area contributed by atoms with Crippen LogP contribution in [-0.2, 0) is 4.79 Å². The van der Waals surface area contributed by atoms with Crippen LogP contribution >= 0.6 is 0 Å². The number of carbonyl (C=O) groups excluding carboxylic acids is 1. The van der Waals surface area contributed by atoms with E-state index in [4.69, 9.17) is 5.73 Å². The van der Waals surface area contributed by atoms with Gasteiger partial charge in [0.2, 0.25) is 5.91 Å². The van der Waals surface area contributed by atoms with Gasteiger partial charge in [-0.05, 0) is 18.3 Å². The molecule has 3 heteroatoms. The van der Waals surface area contributed by atoms with Crippen LogP contribution in [0.1, 0.15) is 59.8 Å². The number of rotatable bonds is 8. The minimum absolute atomic E-state index is 0.